The Morgan fingerprint density at radius 2 is 2.00 bits per heavy atom. The van der Waals surface area contributed by atoms with Gasteiger partial charge in [0.15, 0.2) is 0 Å². The van der Waals surface area contributed by atoms with Gasteiger partial charge in [-0.1, -0.05) is 6.92 Å². The van der Waals surface area contributed by atoms with Crippen molar-refractivity contribution in [2.24, 2.45) is 0 Å². The molecule has 1 heterocycles. The number of carboxylic acid groups (broad SMARTS) is 1. The summed E-state index contributed by atoms with van der Waals surface area (Å²) < 4.78 is 40.2. The van der Waals surface area contributed by atoms with Gasteiger partial charge in [-0.15, -0.1) is 0 Å². The van der Waals surface area contributed by atoms with Crippen LogP contribution in [0.2, 0.25) is 0 Å². The van der Waals surface area contributed by atoms with E-state index < -0.39 is 27.4 Å². The number of likely N-dealkylation sites (tertiary alicyclic amines) is 1. The van der Waals surface area contributed by atoms with E-state index in [-0.39, 0.29) is 10.9 Å². The maximum absolute atomic E-state index is 13.5. The monoisotopic (exact) mass is 358 g/mol. The number of rotatable bonds is 6. The molecule has 134 valence electrons. The fourth-order valence-electron chi connectivity index (χ4n) is 3.01. The van der Waals surface area contributed by atoms with Gasteiger partial charge in [-0.3, -0.25) is 0 Å². The molecule has 1 N–H and O–H groups in total. The zero-order valence-electron chi connectivity index (χ0n) is 13.9. The van der Waals surface area contributed by atoms with Gasteiger partial charge in [0.2, 0.25) is 10.0 Å². The van der Waals surface area contributed by atoms with E-state index in [0.717, 1.165) is 57.1 Å². The van der Waals surface area contributed by atoms with Crippen molar-refractivity contribution in [2.75, 3.05) is 26.7 Å². The number of carboxylic acids is 1. The van der Waals surface area contributed by atoms with Crippen LogP contribution >= 0.6 is 0 Å². The quantitative estimate of drug-likeness (QED) is 0.842. The van der Waals surface area contributed by atoms with Crippen LogP contribution < -0.4 is 0 Å². The van der Waals surface area contributed by atoms with E-state index in [1.807, 2.05) is 0 Å². The van der Waals surface area contributed by atoms with Crippen molar-refractivity contribution in [2.45, 2.75) is 37.1 Å². The Morgan fingerprint density at radius 1 is 1.38 bits per heavy atom. The molecule has 6 nitrogen and oxygen atoms in total. The zero-order valence-corrected chi connectivity index (χ0v) is 14.7. The summed E-state index contributed by atoms with van der Waals surface area (Å²) in [6.07, 6.45) is 2.51. The Balaban J connectivity index is 2.18. The molecule has 1 aliphatic rings. The van der Waals surface area contributed by atoms with E-state index in [1.54, 1.807) is 0 Å². The lowest BCUT2D eigenvalue weighted by Gasteiger charge is -2.36. The fourth-order valence-corrected chi connectivity index (χ4v) is 4.46. The number of halogens is 1. The highest BCUT2D eigenvalue weighted by Gasteiger charge is 2.31. The van der Waals surface area contributed by atoms with Crippen LogP contribution in [0.3, 0.4) is 0 Å². The molecule has 0 amide bonds. The van der Waals surface area contributed by atoms with Crippen LogP contribution in [0.15, 0.2) is 23.1 Å². The zero-order chi connectivity index (χ0) is 17.9. The van der Waals surface area contributed by atoms with Crippen LogP contribution in [0, 0.1) is 5.82 Å². The maximum atomic E-state index is 13.5. The van der Waals surface area contributed by atoms with Crippen molar-refractivity contribution < 1.29 is 22.7 Å². The molecule has 0 atom stereocenters. The molecular weight excluding hydrogens is 335 g/mol. The summed E-state index contributed by atoms with van der Waals surface area (Å²) in [5, 5.41) is 8.97. The smallest absolute Gasteiger partial charge is 0.338 e. The van der Waals surface area contributed by atoms with E-state index in [9.17, 15) is 17.6 Å². The van der Waals surface area contributed by atoms with Gasteiger partial charge in [0.25, 0.3) is 0 Å². The number of sulfonamides is 1. The predicted molar refractivity (Wildman–Crippen MR) is 88.1 cm³/mol. The first kappa shape index (κ1) is 18.8. The first-order valence-corrected chi connectivity index (χ1v) is 9.44. The normalized spacial score (nSPS) is 17.3. The average Bonchev–Trinajstić information content (AvgIpc) is 2.55. The lowest BCUT2D eigenvalue weighted by molar-refractivity contribution is 0.0691. The first-order valence-electron chi connectivity index (χ1n) is 8.00. The highest BCUT2D eigenvalue weighted by Crippen LogP contribution is 2.24. The predicted octanol–water partition coefficient (Wildman–Crippen LogP) is 2.02. The second-order valence-electron chi connectivity index (χ2n) is 6.04. The lowest BCUT2D eigenvalue weighted by Crippen LogP contribution is -2.45. The molecule has 0 aromatic heterocycles. The van der Waals surface area contributed by atoms with Crippen LogP contribution in [0.25, 0.3) is 0 Å². The molecule has 0 saturated carbocycles. The lowest BCUT2D eigenvalue weighted by atomic mass is 10.1. The number of carbonyl (C=O) groups is 1. The van der Waals surface area contributed by atoms with Crippen LogP contribution in [0.5, 0.6) is 0 Å². The number of aromatic carboxylic acids is 1. The topological polar surface area (TPSA) is 77.9 Å². The highest BCUT2D eigenvalue weighted by molar-refractivity contribution is 7.89. The molecule has 8 heteroatoms. The standard InChI is InChI=1S/C16H23FN2O4S/c1-3-8-19-9-6-12(7-10-19)18(2)24(22,23)13-4-5-15(17)14(11-13)16(20)21/h4-5,11-12H,3,6-10H2,1-2H3,(H,20,21). The van der Waals surface area contributed by atoms with E-state index >= 15 is 0 Å². The number of piperidine rings is 1. The number of hydrogen-bond donors (Lipinski definition) is 1. The van der Waals surface area contributed by atoms with Gasteiger partial charge in [0.05, 0.1) is 10.5 Å². The van der Waals surface area contributed by atoms with Crippen molar-refractivity contribution in [3.05, 3.63) is 29.6 Å². The SMILES string of the molecule is CCCN1CCC(N(C)S(=O)(=O)c2ccc(F)c(C(=O)O)c2)CC1. The molecule has 0 aliphatic carbocycles. The minimum Gasteiger partial charge on any atom is -0.478 e. The molecule has 0 radical (unpaired) electrons. The highest BCUT2D eigenvalue weighted by atomic mass is 32.2. The summed E-state index contributed by atoms with van der Waals surface area (Å²) >= 11 is 0. The van der Waals surface area contributed by atoms with Crippen LogP contribution in [0.4, 0.5) is 4.39 Å². The van der Waals surface area contributed by atoms with Crippen molar-refractivity contribution in [3.63, 3.8) is 0 Å². The van der Waals surface area contributed by atoms with Gasteiger partial charge in [-0.05, 0) is 57.1 Å². The Bertz CT molecular complexity index is 700. The Hall–Kier alpha value is -1.51. The van der Waals surface area contributed by atoms with Crippen LogP contribution in [-0.4, -0.2) is 61.4 Å². The summed E-state index contributed by atoms with van der Waals surface area (Å²) in [7, 11) is -2.36. The van der Waals surface area contributed by atoms with E-state index in [1.165, 1.54) is 11.4 Å². The molecule has 0 unspecified atom stereocenters. The largest absolute Gasteiger partial charge is 0.478 e. The Labute approximate surface area is 141 Å². The molecular formula is C16H23FN2O4S. The number of nitrogens with zero attached hydrogens (tertiary/aromatic N) is 2. The second-order valence-corrected chi connectivity index (χ2v) is 8.04. The van der Waals surface area contributed by atoms with E-state index in [0.29, 0.717) is 0 Å². The number of benzene rings is 1. The summed E-state index contributed by atoms with van der Waals surface area (Å²) in [4.78, 5) is 13.1. The minimum atomic E-state index is -3.86. The van der Waals surface area contributed by atoms with Gasteiger partial charge >= 0.3 is 5.97 Å². The van der Waals surface area contributed by atoms with Gasteiger partial charge in [0, 0.05) is 13.1 Å². The maximum Gasteiger partial charge on any atom is 0.338 e. The molecule has 1 aromatic rings. The molecule has 24 heavy (non-hydrogen) atoms. The Kier molecular flexibility index (Phi) is 5.95. The van der Waals surface area contributed by atoms with E-state index in [4.69, 9.17) is 5.11 Å². The summed E-state index contributed by atoms with van der Waals surface area (Å²) in [6.45, 7) is 4.78. The van der Waals surface area contributed by atoms with Crippen LogP contribution in [0.1, 0.15) is 36.5 Å². The van der Waals surface area contributed by atoms with Crippen molar-refractivity contribution in [1.29, 1.82) is 0 Å². The summed E-state index contributed by atoms with van der Waals surface area (Å²) in [5.41, 5.74) is -0.637. The summed E-state index contributed by atoms with van der Waals surface area (Å²) in [6, 6.07) is 2.74. The van der Waals surface area contributed by atoms with Gasteiger partial charge in [-0.25, -0.2) is 17.6 Å². The third-order valence-corrected chi connectivity index (χ3v) is 6.36. The number of hydrogen-bond acceptors (Lipinski definition) is 4. The molecule has 1 aliphatic heterocycles. The average molecular weight is 358 g/mol. The molecule has 0 bridgehead atoms. The third kappa shape index (κ3) is 3.93. The first-order chi connectivity index (χ1) is 11.3. The fraction of sp³-hybridized carbons (Fsp3) is 0.562. The van der Waals surface area contributed by atoms with Gasteiger partial charge in [0.1, 0.15) is 5.82 Å². The van der Waals surface area contributed by atoms with E-state index in [2.05, 4.69) is 11.8 Å². The van der Waals surface area contributed by atoms with Crippen molar-refractivity contribution in [3.8, 4) is 0 Å². The van der Waals surface area contributed by atoms with Crippen LogP contribution in [-0.2, 0) is 10.0 Å². The van der Waals surface area contributed by atoms with Gasteiger partial charge < -0.3 is 10.0 Å². The minimum absolute atomic E-state index is 0.138. The van der Waals surface area contributed by atoms with Crippen molar-refractivity contribution >= 4 is 16.0 Å². The molecule has 0 spiro atoms. The molecule has 2 rings (SSSR count). The molecule has 1 fully saturated rings. The molecule has 1 aromatic carbocycles. The molecule has 1 saturated heterocycles. The van der Waals surface area contributed by atoms with Crippen molar-refractivity contribution in [1.82, 2.24) is 9.21 Å². The Morgan fingerprint density at radius 3 is 2.54 bits per heavy atom. The summed E-state index contributed by atoms with van der Waals surface area (Å²) in [5.74, 6) is -2.43. The second kappa shape index (κ2) is 7.58. The van der Waals surface area contributed by atoms with Gasteiger partial charge in [-0.2, -0.15) is 4.31 Å². The third-order valence-electron chi connectivity index (χ3n) is 4.46.